The highest BCUT2D eigenvalue weighted by Gasteiger charge is 2.27. The van der Waals surface area contributed by atoms with Crippen molar-refractivity contribution in [3.8, 4) is 0 Å². The van der Waals surface area contributed by atoms with E-state index < -0.39 is 35.7 Å². The zero-order valence-corrected chi connectivity index (χ0v) is 14.1. The van der Waals surface area contributed by atoms with E-state index in [0.717, 1.165) is 0 Å². The molecule has 2 amide bonds. The lowest BCUT2D eigenvalue weighted by Gasteiger charge is -2.21. The normalized spacial score (nSPS) is 12.7. The summed E-state index contributed by atoms with van der Waals surface area (Å²) in [5.41, 5.74) is 5.28. The fourth-order valence-electron chi connectivity index (χ4n) is 2.12. The maximum Gasteiger partial charge on any atom is 0.303 e. The van der Waals surface area contributed by atoms with Crippen LogP contribution in [0.4, 0.5) is 0 Å². The van der Waals surface area contributed by atoms with E-state index >= 15 is 0 Å². The number of hydrogen-bond acceptors (Lipinski definition) is 6. The minimum atomic E-state index is -1.13. The molecule has 2 atom stereocenters. The quantitative estimate of drug-likeness (QED) is 0.274. The van der Waals surface area contributed by atoms with Crippen LogP contribution in [-0.4, -0.2) is 58.9 Å². The van der Waals surface area contributed by atoms with E-state index in [9.17, 15) is 24.0 Å². The van der Waals surface area contributed by atoms with Crippen molar-refractivity contribution in [2.24, 2.45) is 11.7 Å². The maximum atomic E-state index is 12.3. The zero-order chi connectivity index (χ0) is 19.4. The molecule has 0 aromatic heterocycles. The molecular weight excluding hydrogens is 334 g/mol. The molecule has 142 valence electrons. The van der Waals surface area contributed by atoms with Gasteiger partial charge < -0.3 is 31.4 Å². The summed E-state index contributed by atoms with van der Waals surface area (Å²) >= 11 is 0. The molecule has 0 rings (SSSR count). The molecule has 10 heteroatoms. The largest absolute Gasteiger partial charge is 0.481 e. The topological polar surface area (TPSA) is 176 Å². The molecular formula is C15H25N3O7. The van der Waals surface area contributed by atoms with Crippen molar-refractivity contribution in [3.63, 3.8) is 0 Å². The lowest BCUT2D eigenvalue weighted by molar-refractivity contribution is -0.140. The van der Waals surface area contributed by atoms with Gasteiger partial charge in [0.25, 0.3) is 0 Å². The highest BCUT2D eigenvalue weighted by atomic mass is 16.4. The number of nitrogens with two attached hydrogens (primary N) is 1. The van der Waals surface area contributed by atoms with E-state index in [4.69, 9.17) is 15.9 Å². The number of nitrogens with one attached hydrogen (secondary N) is 2. The van der Waals surface area contributed by atoms with Crippen LogP contribution in [0.3, 0.4) is 0 Å². The Bertz CT molecular complexity index is 507. The van der Waals surface area contributed by atoms with Crippen LogP contribution in [-0.2, 0) is 24.0 Å². The predicted molar refractivity (Wildman–Crippen MR) is 86.5 cm³/mol. The fraction of sp³-hybridized carbons (Fsp3) is 0.667. The van der Waals surface area contributed by atoms with Crippen molar-refractivity contribution in [3.05, 3.63) is 0 Å². The van der Waals surface area contributed by atoms with Crippen molar-refractivity contribution >= 4 is 29.5 Å². The van der Waals surface area contributed by atoms with Gasteiger partial charge in [-0.1, -0.05) is 0 Å². The second-order valence-corrected chi connectivity index (χ2v) is 5.61. The molecule has 0 fully saturated rings. The summed E-state index contributed by atoms with van der Waals surface area (Å²) in [5, 5.41) is 22.4. The third-order valence-electron chi connectivity index (χ3n) is 3.33. The third kappa shape index (κ3) is 10.8. The number of carboxylic acids is 2. The summed E-state index contributed by atoms with van der Waals surface area (Å²) in [4.78, 5) is 57.0. The number of Topliss-reactive ketones (excluding diaryl/α,β-unsaturated/α-hetero) is 1. The first-order valence-corrected chi connectivity index (χ1v) is 7.88. The molecule has 6 N–H and O–H groups in total. The number of carbonyl (C=O) groups excluding carboxylic acids is 3. The van der Waals surface area contributed by atoms with Gasteiger partial charge in [-0.25, -0.2) is 0 Å². The molecule has 2 unspecified atom stereocenters. The Hall–Kier alpha value is -2.49. The van der Waals surface area contributed by atoms with E-state index in [-0.39, 0.29) is 51.0 Å². The van der Waals surface area contributed by atoms with E-state index in [1.807, 2.05) is 0 Å². The van der Waals surface area contributed by atoms with Crippen molar-refractivity contribution in [2.75, 3.05) is 13.1 Å². The second kappa shape index (κ2) is 12.0. The van der Waals surface area contributed by atoms with Crippen LogP contribution in [0.25, 0.3) is 0 Å². The van der Waals surface area contributed by atoms with Gasteiger partial charge in [-0.2, -0.15) is 0 Å². The van der Waals surface area contributed by atoms with Crippen molar-refractivity contribution in [2.45, 2.75) is 45.1 Å². The van der Waals surface area contributed by atoms with Crippen molar-refractivity contribution in [1.82, 2.24) is 10.6 Å². The number of ketones is 1. The molecule has 25 heavy (non-hydrogen) atoms. The maximum absolute atomic E-state index is 12.3. The van der Waals surface area contributed by atoms with Gasteiger partial charge in [-0.15, -0.1) is 0 Å². The number of hydrogen-bond donors (Lipinski definition) is 5. The van der Waals surface area contributed by atoms with Crippen molar-refractivity contribution in [1.29, 1.82) is 0 Å². The third-order valence-corrected chi connectivity index (χ3v) is 3.33. The Morgan fingerprint density at radius 3 is 2.00 bits per heavy atom. The van der Waals surface area contributed by atoms with Gasteiger partial charge in [-0.3, -0.25) is 19.2 Å². The van der Waals surface area contributed by atoms with Crippen LogP contribution < -0.4 is 16.4 Å². The molecule has 0 aliphatic heterocycles. The first-order valence-electron chi connectivity index (χ1n) is 7.88. The SMILES string of the molecule is CC(=O)CC(CCC(=O)O)C(=O)NC(CCC(=O)O)C(=O)NCCN. The van der Waals surface area contributed by atoms with Crippen LogP contribution in [0.15, 0.2) is 0 Å². The van der Waals surface area contributed by atoms with Gasteiger partial charge in [0.05, 0.1) is 0 Å². The molecule has 0 radical (unpaired) electrons. The van der Waals surface area contributed by atoms with E-state index in [1.54, 1.807) is 0 Å². The zero-order valence-electron chi connectivity index (χ0n) is 14.1. The Labute approximate surface area is 145 Å². The lowest BCUT2D eigenvalue weighted by Crippen LogP contribution is -2.49. The fourth-order valence-corrected chi connectivity index (χ4v) is 2.12. The first kappa shape index (κ1) is 22.5. The van der Waals surface area contributed by atoms with E-state index in [0.29, 0.717) is 0 Å². The van der Waals surface area contributed by atoms with Crippen LogP contribution in [0.1, 0.15) is 39.0 Å². The molecule has 0 bridgehead atoms. The number of carbonyl (C=O) groups is 5. The molecule has 0 saturated heterocycles. The highest BCUT2D eigenvalue weighted by molar-refractivity contribution is 5.91. The molecule has 0 aliphatic rings. The summed E-state index contributed by atoms with van der Waals surface area (Å²) in [6.07, 6.45) is -0.993. The summed E-state index contributed by atoms with van der Waals surface area (Å²) in [6, 6.07) is -1.10. The number of amides is 2. The number of carboxylic acid groups (broad SMARTS) is 2. The monoisotopic (exact) mass is 359 g/mol. The summed E-state index contributed by atoms with van der Waals surface area (Å²) < 4.78 is 0. The highest BCUT2D eigenvalue weighted by Crippen LogP contribution is 2.13. The smallest absolute Gasteiger partial charge is 0.303 e. The Morgan fingerprint density at radius 1 is 0.960 bits per heavy atom. The minimum absolute atomic E-state index is 0.0587. The van der Waals surface area contributed by atoms with E-state index in [2.05, 4.69) is 10.6 Å². The van der Waals surface area contributed by atoms with Crippen LogP contribution >= 0.6 is 0 Å². The molecule has 10 nitrogen and oxygen atoms in total. The lowest BCUT2D eigenvalue weighted by atomic mass is 9.95. The summed E-state index contributed by atoms with van der Waals surface area (Å²) in [7, 11) is 0. The average Bonchev–Trinajstić information content (AvgIpc) is 2.51. The van der Waals surface area contributed by atoms with Gasteiger partial charge in [0.1, 0.15) is 11.8 Å². The van der Waals surface area contributed by atoms with Gasteiger partial charge in [0.15, 0.2) is 0 Å². The van der Waals surface area contributed by atoms with Crippen LogP contribution in [0.5, 0.6) is 0 Å². The van der Waals surface area contributed by atoms with E-state index in [1.165, 1.54) is 6.92 Å². The molecule has 0 spiro atoms. The van der Waals surface area contributed by atoms with Gasteiger partial charge in [0, 0.05) is 38.3 Å². The minimum Gasteiger partial charge on any atom is -0.481 e. The predicted octanol–water partition coefficient (Wildman–Crippen LogP) is -1.13. The second-order valence-electron chi connectivity index (χ2n) is 5.61. The Morgan fingerprint density at radius 2 is 1.52 bits per heavy atom. The number of aliphatic carboxylic acids is 2. The standard InChI is InChI=1S/C15H25N3O7/c1-9(19)8-10(2-4-12(20)21)14(24)18-11(3-5-13(22)23)15(25)17-7-6-16/h10-11H,2-8,16H2,1H3,(H,17,25)(H,18,24)(H,20,21)(H,22,23). The molecule has 0 aliphatic carbocycles. The van der Waals surface area contributed by atoms with Crippen LogP contribution in [0, 0.1) is 5.92 Å². The van der Waals surface area contributed by atoms with Crippen LogP contribution in [0.2, 0.25) is 0 Å². The molecule has 0 aromatic carbocycles. The Balaban J connectivity index is 4.99. The first-order chi connectivity index (χ1) is 11.7. The number of rotatable bonds is 13. The average molecular weight is 359 g/mol. The molecule has 0 aromatic rings. The summed E-state index contributed by atoms with van der Waals surface area (Å²) in [5.74, 6) is -4.67. The summed E-state index contributed by atoms with van der Waals surface area (Å²) in [6.45, 7) is 1.61. The van der Waals surface area contributed by atoms with Gasteiger partial charge in [0.2, 0.25) is 11.8 Å². The Kier molecular flexibility index (Phi) is 10.8. The van der Waals surface area contributed by atoms with Gasteiger partial charge >= 0.3 is 11.9 Å². The molecule has 0 saturated carbocycles. The van der Waals surface area contributed by atoms with Gasteiger partial charge in [-0.05, 0) is 19.8 Å². The molecule has 0 heterocycles. The van der Waals surface area contributed by atoms with Crippen molar-refractivity contribution < 1.29 is 34.2 Å².